The van der Waals surface area contributed by atoms with Gasteiger partial charge in [0.1, 0.15) is 22.8 Å². The summed E-state index contributed by atoms with van der Waals surface area (Å²) in [6.45, 7) is 3.68. The summed E-state index contributed by atoms with van der Waals surface area (Å²) in [5.41, 5.74) is 3.26. The molecule has 4 atom stereocenters. The van der Waals surface area contributed by atoms with Gasteiger partial charge in [-0.25, -0.2) is 4.79 Å². The third-order valence-electron chi connectivity index (χ3n) is 9.00. The first-order valence-electron chi connectivity index (χ1n) is 14.0. The number of ketones is 2. The second-order valence-electron chi connectivity index (χ2n) is 11.5. The second kappa shape index (κ2) is 10.7. The highest BCUT2D eigenvalue weighted by molar-refractivity contribution is 6.24. The molecule has 2 fully saturated rings. The number of nitrogens with two attached hydrogens (primary N) is 1. The largest absolute Gasteiger partial charge is 0.508 e. The summed E-state index contributed by atoms with van der Waals surface area (Å²) in [4.78, 5) is 55.3. The number of likely N-dealkylation sites (N-methyl/N-ethyl adjacent to an activating group) is 1. The van der Waals surface area contributed by atoms with Gasteiger partial charge in [-0.2, -0.15) is 0 Å². The lowest BCUT2D eigenvalue weighted by Crippen LogP contribution is -2.65. The topological polar surface area (TPSA) is 203 Å². The minimum atomic E-state index is -2.70. The molecule has 1 heterocycles. The summed E-state index contributed by atoms with van der Waals surface area (Å²) < 4.78 is 5.31. The molecular weight excluding hydrogens is 548 g/mol. The fraction of sp³-hybridized carbons (Fsp3) is 0.517. The van der Waals surface area contributed by atoms with E-state index in [1.165, 1.54) is 4.90 Å². The zero-order valence-electron chi connectivity index (χ0n) is 23.8. The van der Waals surface area contributed by atoms with Crippen LogP contribution in [0.5, 0.6) is 5.75 Å². The molecule has 1 aromatic rings. The lowest BCUT2D eigenvalue weighted by molar-refractivity contribution is -0.153. The molecule has 13 heteroatoms. The number of aromatic hydroxyl groups is 1. The number of carbonyl (C=O) groups excluding carboxylic acids is 4. The van der Waals surface area contributed by atoms with Gasteiger partial charge in [0.15, 0.2) is 11.4 Å². The number of fused-ring (bicyclic) bond motifs is 3. The highest BCUT2D eigenvalue weighted by Gasteiger charge is 2.64. The zero-order valence-corrected chi connectivity index (χ0v) is 23.8. The highest BCUT2D eigenvalue weighted by atomic mass is 16.5. The molecule has 7 N–H and O–H groups in total. The number of phenolic OH excluding ortho intramolecular Hbond substituents is 1. The number of hydrogen-bond donors (Lipinski definition) is 6. The van der Waals surface area contributed by atoms with Crippen LogP contribution in [0.15, 0.2) is 23.0 Å². The van der Waals surface area contributed by atoms with Crippen LogP contribution in [0, 0.1) is 11.8 Å². The van der Waals surface area contributed by atoms with Crippen molar-refractivity contribution in [2.75, 3.05) is 40.4 Å². The smallest absolute Gasteiger partial charge is 0.317 e. The Morgan fingerprint density at radius 3 is 2.43 bits per heavy atom. The normalized spacial score (nSPS) is 27.5. The van der Waals surface area contributed by atoms with Crippen molar-refractivity contribution in [3.63, 3.8) is 0 Å². The second-order valence-corrected chi connectivity index (χ2v) is 11.5. The van der Waals surface area contributed by atoms with E-state index in [9.17, 15) is 39.6 Å². The Morgan fingerprint density at radius 2 is 1.83 bits per heavy atom. The molecule has 5 rings (SSSR count). The molecule has 0 spiro atoms. The first-order chi connectivity index (χ1) is 19.8. The number of morpholine rings is 1. The van der Waals surface area contributed by atoms with E-state index in [1.807, 2.05) is 0 Å². The van der Waals surface area contributed by atoms with Crippen LogP contribution in [0.25, 0.3) is 5.76 Å². The zero-order chi connectivity index (χ0) is 30.7. The first kappa shape index (κ1) is 29.5. The molecule has 1 aromatic carbocycles. The number of phenols is 1. The van der Waals surface area contributed by atoms with Crippen molar-refractivity contribution in [3.05, 3.63) is 45.2 Å². The van der Waals surface area contributed by atoms with Gasteiger partial charge < -0.3 is 41.1 Å². The predicted octanol–water partition coefficient (Wildman–Crippen LogP) is 0.0682. The summed E-state index contributed by atoms with van der Waals surface area (Å²) in [6.07, 6.45) is 0.518. The number of hydrogen-bond acceptors (Lipinski definition) is 10. The van der Waals surface area contributed by atoms with E-state index in [0.717, 1.165) is 0 Å². The average molecular weight is 585 g/mol. The number of ether oxygens (including phenoxy) is 1. The van der Waals surface area contributed by atoms with Crippen molar-refractivity contribution in [1.29, 1.82) is 0 Å². The number of Topliss-reactive ketones (excluding diaryl/α,β-unsaturated/α-hetero) is 2. The van der Waals surface area contributed by atoms with Gasteiger partial charge in [0.25, 0.3) is 5.91 Å². The molecule has 3 aliphatic carbocycles. The van der Waals surface area contributed by atoms with Crippen molar-refractivity contribution >= 4 is 29.3 Å². The number of nitrogens with one attached hydrogen (secondary N) is 1. The monoisotopic (exact) mass is 584 g/mol. The van der Waals surface area contributed by atoms with Gasteiger partial charge in [-0.05, 0) is 56.0 Å². The molecule has 226 valence electrons. The van der Waals surface area contributed by atoms with Gasteiger partial charge in [-0.1, -0.05) is 13.0 Å². The van der Waals surface area contributed by atoms with Crippen molar-refractivity contribution in [2.24, 2.45) is 17.6 Å². The summed E-state index contributed by atoms with van der Waals surface area (Å²) in [5.74, 6) is -6.94. The van der Waals surface area contributed by atoms with Crippen LogP contribution in [0.4, 0.5) is 4.79 Å². The Morgan fingerprint density at radius 1 is 1.17 bits per heavy atom. The molecule has 4 aliphatic rings. The number of aliphatic hydroxyl groups excluding tert-OH is 2. The maximum Gasteiger partial charge on any atom is 0.317 e. The minimum Gasteiger partial charge on any atom is -0.508 e. The molecule has 0 bridgehead atoms. The van der Waals surface area contributed by atoms with Gasteiger partial charge in [0.2, 0.25) is 5.78 Å². The first-order valence-corrected chi connectivity index (χ1v) is 14.0. The van der Waals surface area contributed by atoms with Crippen LogP contribution >= 0.6 is 0 Å². The predicted molar refractivity (Wildman–Crippen MR) is 148 cm³/mol. The van der Waals surface area contributed by atoms with Crippen molar-refractivity contribution in [1.82, 2.24) is 15.1 Å². The summed E-state index contributed by atoms with van der Waals surface area (Å²) in [5, 5.41) is 48.3. The number of primary amides is 1. The lowest BCUT2D eigenvalue weighted by atomic mass is 9.57. The fourth-order valence-electron chi connectivity index (χ4n) is 6.93. The minimum absolute atomic E-state index is 0.0123. The number of amides is 3. The molecule has 42 heavy (non-hydrogen) atoms. The molecule has 1 unspecified atom stereocenters. The van der Waals surface area contributed by atoms with E-state index >= 15 is 0 Å². The lowest BCUT2D eigenvalue weighted by Gasteiger charge is -2.50. The van der Waals surface area contributed by atoms with Crippen LogP contribution in [0.1, 0.15) is 35.6 Å². The van der Waals surface area contributed by atoms with Crippen LogP contribution < -0.4 is 11.1 Å². The van der Waals surface area contributed by atoms with E-state index in [4.69, 9.17) is 10.5 Å². The Labute approximate surface area is 242 Å². The van der Waals surface area contributed by atoms with Crippen molar-refractivity contribution in [3.8, 4) is 5.75 Å². The van der Waals surface area contributed by atoms with Crippen LogP contribution in [0.2, 0.25) is 0 Å². The SMILES string of the molecule is CCc1cc(CNC(=O)N2CCOCC2)c2c(c1O)C(O)=C1C(=O)[C@]3(O)C(O)=C(C(N)=O)C(=O)C(N(C)C)[C@@H]3C[C@@H]1C2. The van der Waals surface area contributed by atoms with E-state index in [0.29, 0.717) is 49.4 Å². The maximum absolute atomic E-state index is 14.0. The van der Waals surface area contributed by atoms with Gasteiger partial charge >= 0.3 is 6.03 Å². The van der Waals surface area contributed by atoms with Gasteiger partial charge in [0, 0.05) is 31.1 Å². The van der Waals surface area contributed by atoms with Gasteiger partial charge in [0.05, 0.1) is 24.8 Å². The molecule has 3 amide bonds. The fourth-order valence-corrected chi connectivity index (χ4v) is 6.93. The van der Waals surface area contributed by atoms with Crippen molar-refractivity contribution < 1.29 is 44.3 Å². The maximum atomic E-state index is 14.0. The molecule has 1 aliphatic heterocycles. The summed E-state index contributed by atoms with van der Waals surface area (Å²) in [6, 6.07) is 0.313. The Hall–Kier alpha value is -3.94. The van der Waals surface area contributed by atoms with Crippen LogP contribution in [-0.4, -0.2) is 106 Å². The number of nitrogens with zero attached hydrogens (tertiary/aromatic N) is 2. The third kappa shape index (κ3) is 4.34. The van der Waals surface area contributed by atoms with Crippen LogP contribution in [0.3, 0.4) is 0 Å². The summed E-state index contributed by atoms with van der Waals surface area (Å²) >= 11 is 0. The Balaban J connectivity index is 1.61. The Bertz CT molecular complexity index is 1440. The average Bonchev–Trinajstić information content (AvgIpc) is 2.94. The molecule has 0 radical (unpaired) electrons. The Kier molecular flexibility index (Phi) is 7.54. The summed E-state index contributed by atoms with van der Waals surface area (Å²) in [7, 11) is 3.10. The van der Waals surface area contributed by atoms with E-state index in [1.54, 1.807) is 32.0 Å². The number of carbonyl (C=O) groups is 4. The van der Waals surface area contributed by atoms with E-state index in [2.05, 4.69) is 5.32 Å². The number of rotatable bonds is 5. The molecule has 1 saturated carbocycles. The highest BCUT2D eigenvalue weighted by Crippen LogP contribution is 2.53. The quantitative estimate of drug-likeness (QED) is 0.257. The molecule has 13 nitrogen and oxygen atoms in total. The number of aryl methyl sites for hydroxylation is 1. The standard InChI is InChI=1S/C29H36N4O9/c1-4-13-9-15(12-31-28(40)33-5-7-42-8-6-33)16-10-14-11-17-21(32(2)3)24(36)20(27(30)39)26(38)29(17,41)25(37)18(14)23(35)19(16)22(13)34/h9,14,17,21,34-35,38,41H,4-8,10-12H2,1-3H3,(H2,30,39)(H,31,40)/t14-,17-,21?,29-/m0/s1. The van der Waals surface area contributed by atoms with E-state index in [-0.39, 0.29) is 42.3 Å². The molecule has 0 aromatic heterocycles. The van der Waals surface area contributed by atoms with Gasteiger partial charge in [-0.3, -0.25) is 19.3 Å². The number of urea groups is 1. The third-order valence-corrected chi connectivity index (χ3v) is 9.00. The molecule has 1 saturated heterocycles. The van der Waals surface area contributed by atoms with Gasteiger partial charge in [-0.15, -0.1) is 0 Å². The van der Waals surface area contributed by atoms with E-state index < -0.39 is 58.0 Å². The number of aliphatic hydroxyl groups is 3. The molecular formula is C29H36N4O9. The van der Waals surface area contributed by atoms with Crippen molar-refractivity contribution in [2.45, 2.75) is 44.4 Å². The number of benzene rings is 1. The van der Waals surface area contributed by atoms with Crippen LogP contribution in [-0.2, 0) is 38.5 Å².